The molecule has 0 saturated carbocycles. The Hall–Kier alpha value is -1.46. The molecular formula is C16H19Cl2NO4. The lowest BCUT2D eigenvalue weighted by molar-refractivity contribution is -0.145. The van der Waals surface area contributed by atoms with Crippen LogP contribution >= 0.6 is 23.2 Å². The summed E-state index contributed by atoms with van der Waals surface area (Å²) in [4.78, 5) is 25.6. The first-order valence-corrected chi connectivity index (χ1v) is 8.21. The highest BCUT2D eigenvalue weighted by atomic mass is 35.5. The standard InChI is InChI=1S/C16H19Cl2NO4/c1-22-16(21)9-12-4-2-3-7-19(12)15(20)10-23-14-8-11(17)5-6-13(14)18/h5-6,8,12H,2-4,7,9-10H2,1H3. The van der Waals surface area contributed by atoms with Gasteiger partial charge in [-0.2, -0.15) is 0 Å². The van der Waals surface area contributed by atoms with Gasteiger partial charge in [-0.05, 0) is 31.4 Å². The van der Waals surface area contributed by atoms with E-state index in [1.807, 2.05) is 0 Å². The smallest absolute Gasteiger partial charge is 0.307 e. The zero-order valence-electron chi connectivity index (χ0n) is 12.9. The lowest BCUT2D eigenvalue weighted by Gasteiger charge is -2.35. The zero-order chi connectivity index (χ0) is 16.8. The van der Waals surface area contributed by atoms with Crippen LogP contribution in [0.15, 0.2) is 18.2 Å². The number of hydrogen-bond acceptors (Lipinski definition) is 4. The number of rotatable bonds is 5. The van der Waals surface area contributed by atoms with Gasteiger partial charge in [0.1, 0.15) is 5.75 Å². The van der Waals surface area contributed by atoms with Crippen LogP contribution in [-0.4, -0.2) is 43.1 Å². The van der Waals surface area contributed by atoms with Gasteiger partial charge in [0.25, 0.3) is 5.91 Å². The van der Waals surface area contributed by atoms with Crippen molar-refractivity contribution in [1.29, 1.82) is 0 Å². The number of halogens is 2. The van der Waals surface area contributed by atoms with E-state index in [-0.39, 0.29) is 30.9 Å². The number of methoxy groups -OCH3 is 1. The minimum absolute atomic E-state index is 0.137. The summed E-state index contributed by atoms with van der Waals surface area (Å²) in [7, 11) is 1.35. The molecule has 1 atom stereocenters. The molecule has 0 spiro atoms. The highest BCUT2D eigenvalue weighted by Gasteiger charge is 2.29. The number of hydrogen-bond donors (Lipinski definition) is 0. The van der Waals surface area contributed by atoms with Gasteiger partial charge in [-0.3, -0.25) is 9.59 Å². The van der Waals surface area contributed by atoms with Crippen LogP contribution in [-0.2, 0) is 14.3 Å². The van der Waals surface area contributed by atoms with E-state index in [2.05, 4.69) is 0 Å². The summed E-state index contributed by atoms with van der Waals surface area (Å²) in [5.41, 5.74) is 0. The molecule has 1 amide bonds. The molecule has 1 unspecified atom stereocenters. The second-order valence-electron chi connectivity index (χ2n) is 5.38. The molecule has 0 aliphatic carbocycles. The third kappa shape index (κ3) is 5.01. The molecule has 23 heavy (non-hydrogen) atoms. The van der Waals surface area contributed by atoms with E-state index in [4.69, 9.17) is 32.7 Å². The summed E-state index contributed by atoms with van der Waals surface area (Å²) in [6.07, 6.45) is 2.91. The predicted octanol–water partition coefficient (Wildman–Crippen LogP) is 3.32. The number of carbonyl (C=O) groups excluding carboxylic acids is 2. The van der Waals surface area contributed by atoms with Gasteiger partial charge in [0.05, 0.1) is 18.6 Å². The average Bonchev–Trinajstić information content (AvgIpc) is 2.55. The van der Waals surface area contributed by atoms with Crippen molar-refractivity contribution in [2.75, 3.05) is 20.3 Å². The Kier molecular flexibility index (Phi) is 6.54. The fraction of sp³-hybridized carbons (Fsp3) is 0.500. The molecule has 0 aromatic heterocycles. The molecule has 0 bridgehead atoms. The third-order valence-electron chi connectivity index (χ3n) is 3.82. The summed E-state index contributed by atoms with van der Waals surface area (Å²) in [5.74, 6) is -0.114. The van der Waals surface area contributed by atoms with Gasteiger partial charge in [0.15, 0.2) is 6.61 Å². The first-order chi connectivity index (χ1) is 11.0. The highest BCUT2D eigenvalue weighted by Crippen LogP contribution is 2.28. The van der Waals surface area contributed by atoms with Crippen LogP contribution in [0, 0.1) is 0 Å². The van der Waals surface area contributed by atoms with Crippen molar-refractivity contribution in [3.05, 3.63) is 28.2 Å². The van der Waals surface area contributed by atoms with E-state index in [9.17, 15) is 9.59 Å². The highest BCUT2D eigenvalue weighted by molar-refractivity contribution is 6.34. The summed E-state index contributed by atoms with van der Waals surface area (Å²) in [5, 5.41) is 0.880. The molecule has 7 heteroatoms. The molecular weight excluding hydrogens is 341 g/mol. The van der Waals surface area contributed by atoms with Gasteiger partial charge >= 0.3 is 5.97 Å². The number of ether oxygens (including phenoxy) is 2. The number of carbonyl (C=O) groups is 2. The minimum atomic E-state index is -0.312. The number of amides is 1. The Morgan fingerprint density at radius 3 is 2.83 bits per heavy atom. The van der Waals surface area contributed by atoms with Crippen LogP contribution in [0.2, 0.25) is 10.0 Å². The minimum Gasteiger partial charge on any atom is -0.482 e. The summed E-state index contributed by atoms with van der Waals surface area (Å²) in [6.45, 7) is 0.477. The summed E-state index contributed by atoms with van der Waals surface area (Å²) >= 11 is 11.9. The second kappa shape index (κ2) is 8.41. The molecule has 1 aromatic rings. The Morgan fingerprint density at radius 1 is 1.30 bits per heavy atom. The van der Waals surface area contributed by atoms with E-state index < -0.39 is 0 Å². The number of nitrogens with zero attached hydrogens (tertiary/aromatic N) is 1. The van der Waals surface area contributed by atoms with Crippen LogP contribution in [0.1, 0.15) is 25.7 Å². The van der Waals surface area contributed by atoms with Crippen molar-refractivity contribution in [3.63, 3.8) is 0 Å². The van der Waals surface area contributed by atoms with Crippen molar-refractivity contribution in [2.24, 2.45) is 0 Å². The van der Waals surface area contributed by atoms with Gasteiger partial charge < -0.3 is 14.4 Å². The summed E-state index contributed by atoms with van der Waals surface area (Å²) in [6, 6.07) is 4.70. The van der Waals surface area contributed by atoms with Gasteiger partial charge in [-0.1, -0.05) is 23.2 Å². The molecule has 1 heterocycles. The van der Waals surface area contributed by atoms with E-state index in [1.54, 1.807) is 23.1 Å². The molecule has 1 fully saturated rings. The molecule has 1 aliphatic heterocycles. The van der Waals surface area contributed by atoms with Gasteiger partial charge in [-0.15, -0.1) is 0 Å². The fourth-order valence-electron chi connectivity index (χ4n) is 2.63. The molecule has 5 nitrogen and oxygen atoms in total. The quantitative estimate of drug-likeness (QED) is 0.756. The third-order valence-corrected chi connectivity index (χ3v) is 4.37. The van der Waals surface area contributed by atoms with Crippen LogP contribution in [0.3, 0.4) is 0 Å². The normalized spacial score (nSPS) is 17.7. The Labute approximate surface area is 145 Å². The Balaban J connectivity index is 1.97. The Bertz CT molecular complexity index is 579. The van der Waals surface area contributed by atoms with E-state index in [0.717, 1.165) is 19.3 Å². The van der Waals surface area contributed by atoms with Crippen molar-refractivity contribution < 1.29 is 19.1 Å². The molecule has 1 aromatic carbocycles. The monoisotopic (exact) mass is 359 g/mol. The van der Waals surface area contributed by atoms with E-state index in [0.29, 0.717) is 22.3 Å². The van der Waals surface area contributed by atoms with Crippen LogP contribution in [0.5, 0.6) is 5.75 Å². The molecule has 0 N–H and O–H groups in total. The van der Waals surface area contributed by atoms with Crippen LogP contribution in [0.25, 0.3) is 0 Å². The maximum Gasteiger partial charge on any atom is 0.307 e. The van der Waals surface area contributed by atoms with Crippen molar-refractivity contribution in [3.8, 4) is 5.75 Å². The average molecular weight is 360 g/mol. The molecule has 1 aliphatic rings. The van der Waals surface area contributed by atoms with Gasteiger partial charge in [-0.25, -0.2) is 0 Å². The SMILES string of the molecule is COC(=O)CC1CCCCN1C(=O)COc1cc(Cl)ccc1Cl. The first-order valence-electron chi connectivity index (χ1n) is 7.45. The van der Waals surface area contributed by atoms with Crippen molar-refractivity contribution >= 4 is 35.1 Å². The lowest BCUT2D eigenvalue weighted by atomic mass is 9.99. The van der Waals surface area contributed by atoms with Crippen molar-refractivity contribution in [1.82, 2.24) is 4.90 Å². The molecule has 2 rings (SSSR count). The van der Waals surface area contributed by atoms with E-state index in [1.165, 1.54) is 7.11 Å². The topological polar surface area (TPSA) is 55.8 Å². The van der Waals surface area contributed by atoms with Crippen molar-refractivity contribution in [2.45, 2.75) is 31.7 Å². The number of piperidine rings is 1. The molecule has 126 valence electrons. The molecule has 1 saturated heterocycles. The number of esters is 1. The maximum atomic E-state index is 12.4. The van der Waals surface area contributed by atoms with E-state index >= 15 is 0 Å². The Morgan fingerprint density at radius 2 is 2.09 bits per heavy atom. The molecule has 0 radical (unpaired) electrons. The first kappa shape index (κ1) is 17.9. The van der Waals surface area contributed by atoms with Gasteiger partial charge in [0.2, 0.25) is 0 Å². The van der Waals surface area contributed by atoms with Crippen LogP contribution < -0.4 is 4.74 Å². The van der Waals surface area contributed by atoms with Gasteiger partial charge in [0, 0.05) is 23.7 Å². The lowest BCUT2D eigenvalue weighted by Crippen LogP contribution is -2.46. The van der Waals surface area contributed by atoms with Crippen LogP contribution in [0.4, 0.5) is 0 Å². The number of benzene rings is 1. The fourth-order valence-corrected chi connectivity index (χ4v) is 2.96. The zero-order valence-corrected chi connectivity index (χ0v) is 14.4. The number of likely N-dealkylation sites (tertiary alicyclic amines) is 1. The maximum absolute atomic E-state index is 12.4. The predicted molar refractivity (Wildman–Crippen MR) is 87.9 cm³/mol. The summed E-state index contributed by atoms with van der Waals surface area (Å²) < 4.78 is 10.2. The largest absolute Gasteiger partial charge is 0.482 e. The second-order valence-corrected chi connectivity index (χ2v) is 6.22.